The largest absolute Gasteiger partial charge is 0.340 e. The Morgan fingerprint density at radius 2 is 1.64 bits per heavy atom. The van der Waals surface area contributed by atoms with E-state index in [0.29, 0.717) is 11.3 Å². The number of hydrogen-bond acceptors (Lipinski definition) is 4. The van der Waals surface area contributed by atoms with Gasteiger partial charge in [0.05, 0.1) is 0 Å². The maximum atomic E-state index is 12.6. The van der Waals surface area contributed by atoms with Crippen LogP contribution in [0, 0.1) is 16.0 Å². The number of amides is 2. The first kappa shape index (κ1) is 16.6. The number of anilines is 1. The number of nitrogens with one attached hydrogen (secondary N) is 2. The molecule has 0 unspecified atom stereocenters. The van der Waals surface area contributed by atoms with Gasteiger partial charge in [0.2, 0.25) is 11.9 Å². The van der Waals surface area contributed by atoms with Crippen molar-refractivity contribution in [3.63, 3.8) is 0 Å². The van der Waals surface area contributed by atoms with Crippen molar-refractivity contribution in [1.29, 1.82) is 0 Å². The van der Waals surface area contributed by atoms with E-state index in [4.69, 9.17) is 0 Å². The first-order valence-electron chi connectivity index (χ1n) is 7.91. The number of nitro groups is 1. The monoisotopic (exact) mass is 339 g/mol. The fourth-order valence-electron chi connectivity index (χ4n) is 2.63. The minimum atomic E-state index is -0.915. The lowest BCUT2D eigenvalue weighted by Crippen LogP contribution is -2.38. The van der Waals surface area contributed by atoms with Gasteiger partial charge in [-0.15, -0.1) is 0 Å². The highest BCUT2D eigenvalue weighted by atomic mass is 16.6. The second kappa shape index (κ2) is 7.12. The van der Waals surface area contributed by atoms with E-state index in [1.807, 2.05) is 6.07 Å². The summed E-state index contributed by atoms with van der Waals surface area (Å²) < 4.78 is 0. The first-order valence-corrected chi connectivity index (χ1v) is 7.91. The van der Waals surface area contributed by atoms with Gasteiger partial charge in [-0.3, -0.25) is 19.7 Å². The van der Waals surface area contributed by atoms with Crippen LogP contribution in [0.2, 0.25) is 0 Å². The standard InChI is InChI=1S/C18H17N3O4/c22-17(14-11-15(14)21(24)25)20-16(12-7-3-1-4-8-12)18(23)19-13-9-5-2-6-10-13/h1-10,14-16H,11H2,(H,19,23)(H,20,22)/t14-,15-,16-/m1/s1. The molecule has 7 heteroatoms. The molecule has 3 atom stereocenters. The SMILES string of the molecule is O=C(Nc1ccccc1)[C@H](NC(=O)[C@@H]1C[C@H]1[N+](=O)[O-])c1ccccc1. The molecule has 128 valence electrons. The molecule has 1 fully saturated rings. The summed E-state index contributed by atoms with van der Waals surface area (Å²) in [5, 5.41) is 16.1. The Hall–Kier alpha value is -3.22. The van der Waals surface area contributed by atoms with Crippen LogP contribution in [0.25, 0.3) is 0 Å². The summed E-state index contributed by atoms with van der Waals surface area (Å²) in [6.07, 6.45) is 0.209. The fraction of sp³-hybridized carbons (Fsp3) is 0.222. The molecule has 2 aromatic rings. The number of hydrogen-bond donors (Lipinski definition) is 2. The van der Waals surface area contributed by atoms with Gasteiger partial charge in [0, 0.05) is 17.0 Å². The zero-order valence-electron chi connectivity index (χ0n) is 13.3. The molecule has 2 N–H and O–H groups in total. The molecule has 0 saturated heterocycles. The van der Waals surface area contributed by atoms with Gasteiger partial charge in [-0.25, -0.2) is 0 Å². The Morgan fingerprint density at radius 1 is 1.04 bits per heavy atom. The molecule has 25 heavy (non-hydrogen) atoms. The molecule has 0 bridgehead atoms. The molecular formula is C18H17N3O4. The van der Waals surface area contributed by atoms with E-state index < -0.39 is 34.7 Å². The van der Waals surface area contributed by atoms with Gasteiger partial charge in [0.1, 0.15) is 12.0 Å². The minimum absolute atomic E-state index is 0.209. The minimum Gasteiger partial charge on any atom is -0.340 e. The lowest BCUT2D eigenvalue weighted by atomic mass is 10.1. The predicted molar refractivity (Wildman–Crippen MR) is 91.3 cm³/mol. The second-order valence-electron chi connectivity index (χ2n) is 5.90. The summed E-state index contributed by atoms with van der Waals surface area (Å²) in [5.41, 5.74) is 1.22. The van der Waals surface area contributed by atoms with Crippen LogP contribution in [-0.4, -0.2) is 22.8 Å². The van der Waals surface area contributed by atoms with E-state index in [0.717, 1.165) is 0 Å². The number of nitrogens with zero attached hydrogens (tertiary/aromatic N) is 1. The molecule has 7 nitrogen and oxygen atoms in total. The lowest BCUT2D eigenvalue weighted by Gasteiger charge is -2.18. The second-order valence-corrected chi connectivity index (χ2v) is 5.90. The molecule has 3 rings (SSSR count). The van der Waals surface area contributed by atoms with E-state index in [2.05, 4.69) is 10.6 Å². The molecule has 2 aromatic carbocycles. The topological polar surface area (TPSA) is 101 Å². The lowest BCUT2D eigenvalue weighted by molar-refractivity contribution is -0.497. The van der Waals surface area contributed by atoms with Crippen LogP contribution < -0.4 is 10.6 Å². The number of benzene rings is 2. The van der Waals surface area contributed by atoms with Crippen molar-refractivity contribution >= 4 is 17.5 Å². The molecule has 0 aliphatic heterocycles. The number of rotatable bonds is 6. The van der Waals surface area contributed by atoms with Crippen LogP contribution in [0.1, 0.15) is 18.0 Å². The predicted octanol–water partition coefficient (Wildman–Crippen LogP) is 2.15. The third-order valence-corrected chi connectivity index (χ3v) is 4.09. The zero-order chi connectivity index (χ0) is 17.8. The average molecular weight is 339 g/mol. The Balaban J connectivity index is 1.75. The molecule has 1 aliphatic rings. The van der Waals surface area contributed by atoms with Crippen molar-refractivity contribution < 1.29 is 14.5 Å². The Bertz CT molecular complexity index is 779. The molecule has 1 aliphatic carbocycles. The van der Waals surface area contributed by atoms with Gasteiger partial charge in [-0.05, 0) is 17.7 Å². The maximum absolute atomic E-state index is 12.6. The summed E-state index contributed by atoms with van der Waals surface area (Å²) in [6.45, 7) is 0. The van der Waals surface area contributed by atoms with E-state index in [1.165, 1.54) is 0 Å². The summed E-state index contributed by atoms with van der Waals surface area (Å²) >= 11 is 0. The third-order valence-electron chi connectivity index (χ3n) is 4.09. The van der Waals surface area contributed by atoms with Crippen molar-refractivity contribution in [2.24, 2.45) is 5.92 Å². The normalized spacial score (nSPS) is 19.5. The van der Waals surface area contributed by atoms with Gasteiger partial charge in [0.15, 0.2) is 0 Å². The highest BCUT2D eigenvalue weighted by Gasteiger charge is 2.53. The Morgan fingerprint density at radius 3 is 2.20 bits per heavy atom. The summed E-state index contributed by atoms with van der Waals surface area (Å²) in [5.74, 6) is -1.55. The Kier molecular flexibility index (Phi) is 4.74. The van der Waals surface area contributed by atoms with Crippen LogP contribution >= 0.6 is 0 Å². The van der Waals surface area contributed by atoms with E-state index >= 15 is 0 Å². The van der Waals surface area contributed by atoms with Crippen LogP contribution in [0.4, 0.5) is 5.69 Å². The first-order chi connectivity index (χ1) is 12.1. The molecule has 0 spiro atoms. The van der Waals surface area contributed by atoms with Gasteiger partial charge in [-0.1, -0.05) is 48.5 Å². The summed E-state index contributed by atoms with van der Waals surface area (Å²) in [6, 6.07) is 15.9. The van der Waals surface area contributed by atoms with Gasteiger partial charge in [0.25, 0.3) is 5.91 Å². The van der Waals surface area contributed by atoms with E-state index in [-0.39, 0.29) is 6.42 Å². The van der Waals surface area contributed by atoms with Gasteiger partial charge >= 0.3 is 0 Å². The smallest absolute Gasteiger partial charge is 0.251 e. The van der Waals surface area contributed by atoms with Crippen LogP contribution in [0.15, 0.2) is 60.7 Å². The van der Waals surface area contributed by atoms with Crippen molar-refractivity contribution in [2.45, 2.75) is 18.5 Å². The molecular weight excluding hydrogens is 322 g/mol. The molecule has 2 amide bonds. The van der Waals surface area contributed by atoms with Gasteiger partial charge in [-0.2, -0.15) is 0 Å². The van der Waals surface area contributed by atoms with E-state index in [9.17, 15) is 19.7 Å². The number of carbonyl (C=O) groups is 2. The Labute approximate surface area is 144 Å². The highest BCUT2D eigenvalue weighted by Crippen LogP contribution is 2.33. The summed E-state index contributed by atoms with van der Waals surface area (Å²) in [4.78, 5) is 35.2. The quantitative estimate of drug-likeness (QED) is 0.622. The molecule has 0 radical (unpaired) electrons. The maximum Gasteiger partial charge on any atom is 0.251 e. The molecule has 0 aromatic heterocycles. The van der Waals surface area contributed by atoms with Crippen molar-refractivity contribution in [3.05, 3.63) is 76.3 Å². The van der Waals surface area contributed by atoms with Gasteiger partial charge < -0.3 is 10.6 Å². The van der Waals surface area contributed by atoms with Crippen molar-refractivity contribution in [3.8, 4) is 0 Å². The van der Waals surface area contributed by atoms with Crippen molar-refractivity contribution in [2.75, 3.05) is 5.32 Å². The van der Waals surface area contributed by atoms with E-state index in [1.54, 1.807) is 54.6 Å². The molecule has 1 saturated carbocycles. The highest BCUT2D eigenvalue weighted by molar-refractivity contribution is 5.98. The van der Waals surface area contributed by atoms with Crippen LogP contribution in [-0.2, 0) is 9.59 Å². The third kappa shape index (κ3) is 4.00. The van der Waals surface area contributed by atoms with Crippen LogP contribution in [0.5, 0.6) is 0 Å². The summed E-state index contributed by atoms with van der Waals surface area (Å²) in [7, 11) is 0. The number of para-hydroxylation sites is 1. The average Bonchev–Trinajstić information content (AvgIpc) is 3.42. The van der Waals surface area contributed by atoms with Crippen molar-refractivity contribution in [1.82, 2.24) is 5.32 Å². The number of carbonyl (C=O) groups excluding carboxylic acids is 2. The molecule has 0 heterocycles. The fourth-order valence-corrected chi connectivity index (χ4v) is 2.63. The van der Waals surface area contributed by atoms with Crippen LogP contribution in [0.3, 0.4) is 0 Å². The zero-order valence-corrected chi connectivity index (χ0v) is 13.3.